The van der Waals surface area contributed by atoms with E-state index < -0.39 is 11.2 Å². The zero-order valence-electron chi connectivity index (χ0n) is 23.3. The Hall–Kier alpha value is -3.28. The van der Waals surface area contributed by atoms with Crippen LogP contribution < -0.4 is 22.5 Å². The maximum atomic E-state index is 12.8. The SMILES string of the molecule is CCN(Cc1ccc(-n2ccc(NC(=O)N3CCN(C(=O)C(C)(C)N)CC3)nc2=O)cc1)C1CCC(N)CC1. The minimum Gasteiger partial charge on any atom is -0.338 e. The van der Waals surface area contributed by atoms with Crippen LogP contribution in [0.15, 0.2) is 41.3 Å². The van der Waals surface area contributed by atoms with Crippen molar-refractivity contribution in [3.63, 3.8) is 0 Å². The van der Waals surface area contributed by atoms with Gasteiger partial charge in [0.05, 0.1) is 11.2 Å². The molecule has 1 aromatic carbocycles. The molecule has 0 bridgehead atoms. The van der Waals surface area contributed by atoms with Crippen LogP contribution in [0, 0.1) is 0 Å². The van der Waals surface area contributed by atoms with E-state index in [1.165, 1.54) is 10.1 Å². The number of aromatic nitrogens is 2. The van der Waals surface area contributed by atoms with Gasteiger partial charge in [0.2, 0.25) is 5.91 Å². The number of nitrogens with one attached hydrogen (secondary N) is 1. The van der Waals surface area contributed by atoms with E-state index in [-0.39, 0.29) is 17.8 Å². The third-order valence-corrected chi connectivity index (χ3v) is 7.71. The number of amides is 3. The summed E-state index contributed by atoms with van der Waals surface area (Å²) in [5.74, 6) is 0.0447. The van der Waals surface area contributed by atoms with Gasteiger partial charge in [-0.2, -0.15) is 4.98 Å². The van der Waals surface area contributed by atoms with E-state index in [1.807, 2.05) is 24.3 Å². The fourth-order valence-corrected chi connectivity index (χ4v) is 5.34. The summed E-state index contributed by atoms with van der Waals surface area (Å²) in [6.45, 7) is 8.95. The highest BCUT2D eigenvalue weighted by atomic mass is 16.2. The highest BCUT2D eigenvalue weighted by Crippen LogP contribution is 2.24. The van der Waals surface area contributed by atoms with Crippen LogP contribution in [-0.2, 0) is 11.3 Å². The molecule has 11 heteroatoms. The van der Waals surface area contributed by atoms with Crippen molar-refractivity contribution in [2.24, 2.45) is 11.5 Å². The second-order valence-corrected chi connectivity index (χ2v) is 11.2. The van der Waals surface area contributed by atoms with Crippen LogP contribution >= 0.6 is 0 Å². The van der Waals surface area contributed by atoms with Crippen LogP contribution in [0.2, 0.25) is 0 Å². The minimum atomic E-state index is -0.946. The number of hydrogen-bond acceptors (Lipinski definition) is 7. The van der Waals surface area contributed by atoms with E-state index in [4.69, 9.17) is 11.5 Å². The molecule has 1 aromatic heterocycles. The fourth-order valence-electron chi connectivity index (χ4n) is 5.34. The predicted octanol–water partition coefficient (Wildman–Crippen LogP) is 1.74. The molecule has 2 aromatic rings. The monoisotopic (exact) mass is 538 g/mol. The highest BCUT2D eigenvalue weighted by molar-refractivity contribution is 5.89. The molecule has 0 radical (unpaired) electrons. The predicted molar refractivity (Wildman–Crippen MR) is 152 cm³/mol. The molecule has 4 rings (SSSR count). The van der Waals surface area contributed by atoms with Crippen LogP contribution in [0.3, 0.4) is 0 Å². The van der Waals surface area contributed by atoms with Crippen molar-refractivity contribution in [2.75, 3.05) is 38.0 Å². The van der Waals surface area contributed by atoms with Crippen molar-refractivity contribution >= 4 is 17.8 Å². The van der Waals surface area contributed by atoms with Crippen molar-refractivity contribution in [1.82, 2.24) is 24.3 Å². The lowest BCUT2D eigenvalue weighted by Crippen LogP contribution is -2.58. The van der Waals surface area contributed by atoms with Gasteiger partial charge in [-0.25, -0.2) is 9.59 Å². The zero-order valence-corrected chi connectivity index (χ0v) is 23.3. The van der Waals surface area contributed by atoms with Crippen molar-refractivity contribution < 1.29 is 9.59 Å². The number of urea groups is 1. The first-order chi connectivity index (χ1) is 18.5. The van der Waals surface area contributed by atoms with Crippen molar-refractivity contribution in [2.45, 2.75) is 70.6 Å². The molecule has 0 unspecified atom stereocenters. The van der Waals surface area contributed by atoms with E-state index in [9.17, 15) is 14.4 Å². The molecular formula is C28H42N8O3. The molecule has 1 aliphatic heterocycles. The molecule has 0 atom stereocenters. The number of piperazine rings is 1. The van der Waals surface area contributed by atoms with Gasteiger partial charge in [-0.05, 0) is 69.8 Å². The smallest absolute Gasteiger partial charge is 0.338 e. The fraction of sp³-hybridized carbons (Fsp3) is 0.571. The number of carbonyl (C=O) groups is 2. The highest BCUT2D eigenvalue weighted by Gasteiger charge is 2.31. The molecule has 5 N–H and O–H groups in total. The Morgan fingerprint density at radius 2 is 1.64 bits per heavy atom. The Labute approximate surface area is 230 Å². The van der Waals surface area contributed by atoms with Gasteiger partial charge in [0.1, 0.15) is 5.82 Å². The molecule has 1 saturated heterocycles. The van der Waals surface area contributed by atoms with E-state index >= 15 is 0 Å². The van der Waals surface area contributed by atoms with Gasteiger partial charge in [-0.15, -0.1) is 0 Å². The molecule has 3 amide bonds. The number of benzene rings is 1. The van der Waals surface area contributed by atoms with Gasteiger partial charge in [0.15, 0.2) is 0 Å². The zero-order chi connectivity index (χ0) is 28.2. The summed E-state index contributed by atoms with van der Waals surface area (Å²) in [7, 11) is 0. The Balaban J connectivity index is 1.33. The van der Waals surface area contributed by atoms with Crippen LogP contribution in [0.1, 0.15) is 52.0 Å². The maximum Gasteiger partial charge on any atom is 0.354 e. The van der Waals surface area contributed by atoms with Crippen LogP contribution in [-0.4, -0.2) is 86.5 Å². The van der Waals surface area contributed by atoms with Crippen LogP contribution in [0.25, 0.3) is 5.69 Å². The number of hydrogen-bond donors (Lipinski definition) is 3. The van der Waals surface area contributed by atoms with Gasteiger partial charge in [-0.3, -0.25) is 19.6 Å². The van der Waals surface area contributed by atoms with Gasteiger partial charge < -0.3 is 21.3 Å². The quantitative estimate of drug-likeness (QED) is 0.487. The number of carbonyl (C=O) groups excluding carboxylic acids is 2. The molecule has 0 spiro atoms. The van der Waals surface area contributed by atoms with Gasteiger partial charge in [0.25, 0.3) is 0 Å². The summed E-state index contributed by atoms with van der Waals surface area (Å²) in [6.07, 6.45) is 6.05. The Kier molecular flexibility index (Phi) is 9.04. The van der Waals surface area contributed by atoms with Crippen LogP contribution in [0.4, 0.5) is 10.6 Å². The first-order valence-corrected chi connectivity index (χ1v) is 13.9. The second kappa shape index (κ2) is 12.3. The maximum absolute atomic E-state index is 12.8. The lowest BCUT2D eigenvalue weighted by molar-refractivity contribution is -0.137. The summed E-state index contributed by atoms with van der Waals surface area (Å²) in [5.41, 5.74) is 12.5. The summed E-state index contributed by atoms with van der Waals surface area (Å²) >= 11 is 0. The average molecular weight is 539 g/mol. The van der Waals surface area contributed by atoms with Gasteiger partial charge >= 0.3 is 11.7 Å². The van der Waals surface area contributed by atoms with E-state index in [0.29, 0.717) is 44.0 Å². The van der Waals surface area contributed by atoms with Crippen molar-refractivity contribution in [1.29, 1.82) is 0 Å². The molecule has 1 saturated carbocycles. The van der Waals surface area contributed by atoms with Crippen LogP contribution in [0.5, 0.6) is 0 Å². The molecule has 11 nitrogen and oxygen atoms in total. The van der Waals surface area contributed by atoms with Crippen molar-refractivity contribution in [3.05, 3.63) is 52.6 Å². The van der Waals surface area contributed by atoms with E-state index in [1.54, 1.807) is 35.9 Å². The molecule has 2 heterocycles. The molecule has 2 aliphatic rings. The molecule has 1 aliphatic carbocycles. The normalized spacial score (nSPS) is 20.3. The molecule has 212 valence electrons. The van der Waals surface area contributed by atoms with Gasteiger partial charge in [0, 0.05) is 51.0 Å². The van der Waals surface area contributed by atoms with E-state index in [2.05, 4.69) is 22.1 Å². The summed E-state index contributed by atoms with van der Waals surface area (Å²) in [6, 6.07) is 10.1. The number of nitrogens with zero attached hydrogens (tertiary/aromatic N) is 5. The largest absolute Gasteiger partial charge is 0.354 e. The average Bonchev–Trinajstić information content (AvgIpc) is 2.92. The first-order valence-electron chi connectivity index (χ1n) is 13.9. The second-order valence-electron chi connectivity index (χ2n) is 11.2. The Morgan fingerprint density at radius 3 is 2.21 bits per heavy atom. The standard InChI is InChI=1S/C28H42N8O3/c1-4-33(22-11-7-21(29)8-12-22)19-20-5-9-23(10-6-20)36-14-13-24(32-27(36)39)31-26(38)35-17-15-34(16-18-35)25(37)28(2,3)30/h5-6,9-10,13-14,21-22H,4,7-8,11-12,15-19,29-30H2,1-3H3,(H,31,32,38,39). The Bertz CT molecular complexity index is 1190. The number of anilines is 1. The lowest BCUT2D eigenvalue weighted by atomic mass is 9.90. The number of rotatable bonds is 7. The first kappa shape index (κ1) is 28.7. The minimum absolute atomic E-state index is 0.141. The summed E-state index contributed by atoms with van der Waals surface area (Å²) < 4.78 is 1.46. The topological polar surface area (TPSA) is 143 Å². The third kappa shape index (κ3) is 7.23. The van der Waals surface area contributed by atoms with E-state index in [0.717, 1.165) is 38.8 Å². The summed E-state index contributed by atoms with van der Waals surface area (Å²) in [5, 5.41) is 2.70. The van der Waals surface area contributed by atoms with Crippen molar-refractivity contribution in [3.8, 4) is 5.69 Å². The molecular weight excluding hydrogens is 496 g/mol. The summed E-state index contributed by atoms with van der Waals surface area (Å²) in [4.78, 5) is 47.7. The van der Waals surface area contributed by atoms with Gasteiger partial charge in [-0.1, -0.05) is 19.1 Å². The lowest BCUT2D eigenvalue weighted by Gasteiger charge is -2.37. The number of nitrogens with two attached hydrogens (primary N) is 2. The molecule has 39 heavy (non-hydrogen) atoms. The Morgan fingerprint density at radius 1 is 1.03 bits per heavy atom. The molecule has 2 fully saturated rings. The third-order valence-electron chi connectivity index (χ3n) is 7.71.